The summed E-state index contributed by atoms with van der Waals surface area (Å²) in [6, 6.07) is 19.1. The van der Waals surface area contributed by atoms with Crippen LogP contribution in [0.1, 0.15) is 35.0 Å². The van der Waals surface area contributed by atoms with Crippen molar-refractivity contribution in [2.75, 3.05) is 0 Å². The van der Waals surface area contributed by atoms with E-state index in [0.29, 0.717) is 0 Å². The molecule has 122 valence electrons. The Kier molecular flexibility index (Phi) is 4.66. The van der Waals surface area contributed by atoms with Crippen molar-refractivity contribution in [1.29, 1.82) is 0 Å². The van der Waals surface area contributed by atoms with E-state index < -0.39 is 0 Å². The predicted molar refractivity (Wildman–Crippen MR) is 103 cm³/mol. The number of nitrogens with zero attached hydrogens (tertiary/aromatic N) is 2. The van der Waals surface area contributed by atoms with Crippen molar-refractivity contribution >= 4 is 11.9 Å². The molecule has 0 aliphatic carbocycles. The van der Waals surface area contributed by atoms with Gasteiger partial charge in [-0.2, -0.15) is 0 Å². The monoisotopic (exact) mass is 316 g/mol. The van der Waals surface area contributed by atoms with E-state index in [1.807, 2.05) is 6.21 Å². The molecule has 2 aromatic carbocycles. The third-order valence-corrected chi connectivity index (χ3v) is 4.47. The molecule has 3 aromatic rings. The molecule has 2 heteroatoms. The third-order valence-electron chi connectivity index (χ3n) is 4.47. The van der Waals surface area contributed by atoms with Crippen molar-refractivity contribution < 1.29 is 0 Å². The smallest absolute Gasteiger partial charge is 0.0630 e. The minimum Gasteiger partial charge on any atom is -0.318 e. The highest BCUT2D eigenvalue weighted by molar-refractivity contribution is 5.84. The molecule has 0 saturated heterocycles. The standard InChI is InChI=1S/C22H24N2/c1-5-19-8-6-7-9-22(19)24-17(3)14-20(18(24)4)15-23-21-12-10-16(2)11-13-21/h6-15H,5H2,1-4H3. The lowest BCUT2D eigenvalue weighted by Crippen LogP contribution is -2.03. The Bertz CT molecular complexity index is 867. The van der Waals surface area contributed by atoms with Gasteiger partial charge in [-0.15, -0.1) is 0 Å². The number of aromatic nitrogens is 1. The van der Waals surface area contributed by atoms with Crippen LogP contribution in [0, 0.1) is 20.8 Å². The first-order chi connectivity index (χ1) is 11.6. The molecular weight excluding hydrogens is 292 g/mol. The molecule has 0 saturated carbocycles. The van der Waals surface area contributed by atoms with Crippen LogP contribution in [-0.2, 0) is 6.42 Å². The van der Waals surface area contributed by atoms with Gasteiger partial charge in [-0.1, -0.05) is 42.8 Å². The molecule has 24 heavy (non-hydrogen) atoms. The zero-order valence-electron chi connectivity index (χ0n) is 14.9. The van der Waals surface area contributed by atoms with Crippen LogP contribution in [0.4, 0.5) is 5.69 Å². The van der Waals surface area contributed by atoms with E-state index in [-0.39, 0.29) is 0 Å². The normalized spacial score (nSPS) is 11.3. The average molecular weight is 316 g/mol. The van der Waals surface area contributed by atoms with Gasteiger partial charge in [0.25, 0.3) is 0 Å². The number of hydrogen-bond acceptors (Lipinski definition) is 1. The summed E-state index contributed by atoms with van der Waals surface area (Å²) in [5.74, 6) is 0. The second kappa shape index (κ2) is 6.88. The second-order valence-corrected chi connectivity index (χ2v) is 6.24. The van der Waals surface area contributed by atoms with Gasteiger partial charge in [-0.3, -0.25) is 4.99 Å². The second-order valence-electron chi connectivity index (χ2n) is 6.24. The maximum Gasteiger partial charge on any atom is 0.0630 e. The van der Waals surface area contributed by atoms with Crippen LogP contribution in [0.25, 0.3) is 5.69 Å². The number of para-hydroxylation sites is 1. The highest BCUT2D eigenvalue weighted by Crippen LogP contribution is 2.23. The molecule has 0 spiro atoms. The van der Waals surface area contributed by atoms with Crippen LogP contribution < -0.4 is 0 Å². The lowest BCUT2D eigenvalue weighted by molar-refractivity contribution is 0.937. The zero-order chi connectivity index (χ0) is 17.1. The summed E-state index contributed by atoms with van der Waals surface area (Å²) in [4.78, 5) is 4.63. The molecule has 0 unspecified atom stereocenters. The van der Waals surface area contributed by atoms with Gasteiger partial charge in [0.05, 0.1) is 5.69 Å². The van der Waals surface area contributed by atoms with E-state index in [0.717, 1.165) is 12.1 Å². The van der Waals surface area contributed by atoms with Crippen LogP contribution in [0.15, 0.2) is 59.6 Å². The van der Waals surface area contributed by atoms with Gasteiger partial charge in [0, 0.05) is 28.9 Å². The molecule has 0 amide bonds. The van der Waals surface area contributed by atoms with E-state index in [9.17, 15) is 0 Å². The molecular formula is C22H24N2. The van der Waals surface area contributed by atoms with Gasteiger partial charge in [0.2, 0.25) is 0 Å². The number of aryl methyl sites for hydroxylation is 3. The van der Waals surface area contributed by atoms with Gasteiger partial charge in [0.15, 0.2) is 0 Å². The maximum absolute atomic E-state index is 4.63. The van der Waals surface area contributed by atoms with Crippen molar-refractivity contribution in [3.8, 4) is 5.69 Å². The lowest BCUT2D eigenvalue weighted by atomic mass is 10.1. The first kappa shape index (κ1) is 16.3. The minimum atomic E-state index is 0.986. The molecule has 0 fully saturated rings. The third kappa shape index (κ3) is 3.18. The van der Waals surface area contributed by atoms with E-state index in [1.54, 1.807) is 0 Å². The number of hydrogen-bond donors (Lipinski definition) is 0. The minimum absolute atomic E-state index is 0.986. The highest BCUT2D eigenvalue weighted by atomic mass is 15.0. The summed E-state index contributed by atoms with van der Waals surface area (Å²) in [6.07, 6.45) is 3.00. The Morgan fingerprint density at radius 1 is 0.958 bits per heavy atom. The molecule has 0 aliphatic heterocycles. The summed E-state index contributed by atoms with van der Waals surface area (Å²) in [5, 5.41) is 0. The van der Waals surface area contributed by atoms with E-state index in [4.69, 9.17) is 0 Å². The molecule has 0 N–H and O–H groups in total. The maximum atomic E-state index is 4.63. The molecule has 1 heterocycles. The Labute approximate surface area is 144 Å². The largest absolute Gasteiger partial charge is 0.318 e. The zero-order valence-corrected chi connectivity index (χ0v) is 14.9. The topological polar surface area (TPSA) is 17.3 Å². The van der Waals surface area contributed by atoms with E-state index >= 15 is 0 Å². The summed E-state index contributed by atoms with van der Waals surface area (Å²) in [5.41, 5.74) is 8.50. The Morgan fingerprint density at radius 3 is 2.38 bits per heavy atom. The summed E-state index contributed by atoms with van der Waals surface area (Å²) >= 11 is 0. The van der Waals surface area contributed by atoms with Crippen molar-refractivity contribution in [2.24, 2.45) is 4.99 Å². The fourth-order valence-electron chi connectivity index (χ4n) is 3.09. The SMILES string of the molecule is CCc1ccccc1-n1c(C)cc(C=Nc2ccc(C)cc2)c1C. The molecule has 0 aliphatic rings. The fraction of sp³-hybridized carbons (Fsp3) is 0.227. The van der Waals surface area contributed by atoms with Gasteiger partial charge >= 0.3 is 0 Å². The Balaban J connectivity index is 1.99. The quantitative estimate of drug-likeness (QED) is 0.548. The summed E-state index contributed by atoms with van der Waals surface area (Å²) in [7, 11) is 0. The van der Waals surface area contributed by atoms with Gasteiger partial charge < -0.3 is 4.57 Å². The first-order valence-corrected chi connectivity index (χ1v) is 8.48. The van der Waals surface area contributed by atoms with E-state index in [1.165, 1.54) is 33.8 Å². The number of benzene rings is 2. The molecule has 0 atom stereocenters. The van der Waals surface area contributed by atoms with Crippen LogP contribution in [0.5, 0.6) is 0 Å². The molecule has 2 nitrogen and oxygen atoms in total. The Morgan fingerprint density at radius 2 is 1.67 bits per heavy atom. The van der Waals surface area contributed by atoms with Crippen molar-refractivity contribution in [2.45, 2.75) is 34.1 Å². The first-order valence-electron chi connectivity index (χ1n) is 8.48. The molecule has 1 aromatic heterocycles. The highest BCUT2D eigenvalue weighted by Gasteiger charge is 2.11. The number of aliphatic imine (C=N–C) groups is 1. The fourth-order valence-corrected chi connectivity index (χ4v) is 3.09. The van der Waals surface area contributed by atoms with Gasteiger partial charge in [0.1, 0.15) is 0 Å². The van der Waals surface area contributed by atoms with Crippen LogP contribution in [0.2, 0.25) is 0 Å². The summed E-state index contributed by atoms with van der Waals surface area (Å²) < 4.78 is 2.33. The Hall–Kier alpha value is -2.61. The van der Waals surface area contributed by atoms with Gasteiger partial charge in [-0.25, -0.2) is 0 Å². The van der Waals surface area contributed by atoms with Gasteiger partial charge in [-0.05, 0) is 57.0 Å². The average Bonchev–Trinajstić information content (AvgIpc) is 2.88. The van der Waals surface area contributed by atoms with Crippen molar-refractivity contribution in [3.63, 3.8) is 0 Å². The molecule has 0 radical (unpaired) electrons. The molecule has 0 bridgehead atoms. The van der Waals surface area contributed by atoms with Crippen LogP contribution in [0.3, 0.4) is 0 Å². The van der Waals surface area contributed by atoms with Crippen molar-refractivity contribution in [1.82, 2.24) is 4.57 Å². The van der Waals surface area contributed by atoms with E-state index in [2.05, 4.69) is 91.9 Å². The lowest BCUT2D eigenvalue weighted by Gasteiger charge is -2.13. The van der Waals surface area contributed by atoms with Crippen LogP contribution >= 0.6 is 0 Å². The summed E-state index contributed by atoms with van der Waals surface area (Å²) in [6.45, 7) is 8.61. The molecule has 3 rings (SSSR count). The van der Waals surface area contributed by atoms with Crippen molar-refractivity contribution in [3.05, 3.63) is 82.7 Å². The van der Waals surface area contributed by atoms with Crippen LogP contribution in [-0.4, -0.2) is 10.8 Å². The predicted octanol–water partition coefficient (Wildman–Crippen LogP) is 5.72. The number of rotatable bonds is 4.